The second kappa shape index (κ2) is 8.20. The van der Waals surface area contributed by atoms with Crippen LogP contribution in [0.5, 0.6) is 5.75 Å². The minimum Gasteiger partial charge on any atom is -0.490 e. The highest BCUT2D eigenvalue weighted by molar-refractivity contribution is 6.58. The van der Waals surface area contributed by atoms with Crippen LogP contribution in [0.15, 0.2) is 18.2 Å². The molecule has 0 unspecified atom stereocenters. The van der Waals surface area contributed by atoms with Crippen LogP contribution in [0.2, 0.25) is 0 Å². The van der Waals surface area contributed by atoms with Crippen molar-refractivity contribution in [2.75, 3.05) is 6.61 Å². The van der Waals surface area contributed by atoms with Crippen LogP contribution in [0.25, 0.3) is 0 Å². The molecule has 22 heavy (non-hydrogen) atoms. The molecule has 0 heterocycles. The Hall–Kier alpha value is -1.53. The number of benzene rings is 1. The van der Waals surface area contributed by atoms with Gasteiger partial charge in [-0.1, -0.05) is 18.6 Å². The van der Waals surface area contributed by atoms with Crippen LogP contribution >= 0.6 is 0 Å². The first-order valence-corrected chi connectivity index (χ1v) is 7.91. The summed E-state index contributed by atoms with van der Waals surface area (Å²) in [5.41, 5.74) is 1.08. The Balaban J connectivity index is 2.17. The fraction of sp³-hybridized carbons (Fsp3) is 0.562. The van der Waals surface area contributed by atoms with Gasteiger partial charge in [-0.15, -0.1) is 0 Å². The van der Waals surface area contributed by atoms with Gasteiger partial charge in [0.05, 0.1) is 19.1 Å². The maximum absolute atomic E-state index is 11.7. The fourth-order valence-corrected chi connectivity index (χ4v) is 2.72. The van der Waals surface area contributed by atoms with E-state index in [1.807, 2.05) is 0 Å². The van der Waals surface area contributed by atoms with Gasteiger partial charge in [0.15, 0.2) is 0 Å². The van der Waals surface area contributed by atoms with Crippen LogP contribution in [-0.2, 0) is 16.0 Å². The molecule has 5 nitrogen and oxygen atoms in total. The molecule has 1 saturated carbocycles. The molecule has 2 rings (SSSR count). The Kier molecular flexibility index (Phi) is 6.27. The van der Waals surface area contributed by atoms with E-state index in [9.17, 15) is 14.8 Å². The molecule has 0 atom stereocenters. The summed E-state index contributed by atoms with van der Waals surface area (Å²) >= 11 is 0. The molecule has 0 aliphatic heterocycles. The molecule has 0 amide bonds. The number of ether oxygens (including phenoxy) is 2. The summed E-state index contributed by atoms with van der Waals surface area (Å²) in [4.78, 5) is 11.7. The zero-order valence-electron chi connectivity index (χ0n) is 13.0. The second-order valence-electron chi connectivity index (χ2n) is 5.60. The van der Waals surface area contributed by atoms with Crippen molar-refractivity contribution in [1.82, 2.24) is 0 Å². The maximum atomic E-state index is 11.7. The molecule has 1 fully saturated rings. The van der Waals surface area contributed by atoms with E-state index in [1.54, 1.807) is 25.1 Å². The Bertz CT molecular complexity index is 497. The summed E-state index contributed by atoms with van der Waals surface area (Å²) in [6.07, 6.45) is 5.74. The van der Waals surface area contributed by atoms with E-state index in [2.05, 4.69) is 0 Å². The van der Waals surface area contributed by atoms with Crippen LogP contribution in [0.4, 0.5) is 0 Å². The van der Waals surface area contributed by atoms with Crippen molar-refractivity contribution >= 4 is 18.6 Å². The number of hydrogen-bond donors (Lipinski definition) is 2. The van der Waals surface area contributed by atoms with Crippen LogP contribution in [0.1, 0.15) is 44.6 Å². The minimum atomic E-state index is -1.55. The van der Waals surface area contributed by atoms with Gasteiger partial charge in [-0.3, -0.25) is 4.79 Å². The van der Waals surface area contributed by atoms with Crippen LogP contribution in [0.3, 0.4) is 0 Å². The predicted octanol–water partition coefficient (Wildman–Crippen LogP) is 1.18. The molecule has 2 N–H and O–H groups in total. The van der Waals surface area contributed by atoms with Gasteiger partial charge in [0.25, 0.3) is 0 Å². The lowest BCUT2D eigenvalue weighted by molar-refractivity contribution is -0.142. The van der Waals surface area contributed by atoms with Gasteiger partial charge in [0.2, 0.25) is 0 Å². The summed E-state index contributed by atoms with van der Waals surface area (Å²) in [6, 6.07) is 4.89. The summed E-state index contributed by atoms with van der Waals surface area (Å²) in [5.74, 6) is 0.235. The molecule has 1 aromatic carbocycles. The summed E-state index contributed by atoms with van der Waals surface area (Å²) in [5, 5.41) is 18.6. The summed E-state index contributed by atoms with van der Waals surface area (Å²) in [6.45, 7) is 2.10. The lowest BCUT2D eigenvalue weighted by Gasteiger charge is -2.24. The van der Waals surface area contributed by atoms with Gasteiger partial charge in [0.1, 0.15) is 5.75 Å². The standard InChI is InChI=1S/C16H23BO5/c1-2-21-16(18)10-12-8-9-13(17(19)20)11-15(12)22-14-6-4-3-5-7-14/h8-9,11,14,19-20H,2-7,10H2,1H3. The van der Waals surface area contributed by atoms with Crippen LogP contribution < -0.4 is 10.2 Å². The molecule has 1 aliphatic carbocycles. The Morgan fingerprint density at radius 2 is 2.00 bits per heavy atom. The van der Waals surface area contributed by atoms with Crippen LogP contribution in [-0.4, -0.2) is 35.8 Å². The molecule has 0 radical (unpaired) electrons. The minimum absolute atomic E-state index is 0.123. The molecule has 0 spiro atoms. The first-order valence-electron chi connectivity index (χ1n) is 7.91. The van der Waals surface area contributed by atoms with Gasteiger partial charge in [-0.05, 0) is 44.1 Å². The third-order valence-electron chi connectivity index (χ3n) is 3.88. The van der Waals surface area contributed by atoms with E-state index >= 15 is 0 Å². The number of rotatable bonds is 6. The molecule has 1 aromatic rings. The zero-order chi connectivity index (χ0) is 15.9. The van der Waals surface area contributed by atoms with E-state index in [-0.39, 0.29) is 18.5 Å². The Labute approximate surface area is 131 Å². The van der Waals surface area contributed by atoms with E-state index in [1.165, 1.54) is 6.42 Å². The first kappa shape index (κ1) is 16.8. The molecular formula is C16H23BO5. The smallest absolute Gasteiger partial charge is 0.488 e. The van der Waals surface area contributed by atoms with E-state index < -0.39 is 7.12 Å². The van der Waals surface area contributed by atoms with E-state index in [4.69, 9.17) is 9.47 Å². The monoisotopic (exact) mass is 306 g/mol. The summed E-state index contributed by atoms with van der Waals surface area (Å²) in [7, 11) is -1.55. The molecular weight excluding hydrogens is 283 g/mol. The Morgan fingerprint density at radius 3 is 2.64 bits per heavy atom. The first-order chi connectivity index (χ1) is 10.6. The number of hydrogen-bond acceptors (Lipinski definition) is 5. The lowest BCUT2D eigenvalue weighted by atomic mass is 9.79. The highest BCUT2D eigenvalue weighted by Gasteiger charge is 2.20. The fourth-order valence-electron chi connectivity index (χ4n) is 2.72. The van der Waals surface area contributed by atoms with Crippen molar-refractivity contribution in [3.05, 3.63) is 23.8 Å². The van der Waals surface area contributed by atoms with Gasteiger partial charge in [0, 0.05) is 5.56 Å². The second-order valence-corrected chi connectivity index (χ2v) is 5.60. The largest absolute Gasteiger partial charge is 0.490 e. The third-order valence-corrected chi connectivity index (χ3v) is 3.88. The Morgan fingerprint density at radius 1 is 1.27 bits per heavy atom. The van der Waals surface area contributed by atoms with Gasteiger partial charge in [-0.25, -0.2) is 0 Å². The quantitative estimate of drug-likeness (QED) is 0.610. The van der Waals surface area contributed by atoms with Gasteiger partial charge in [-0.2, -0.15) is 0 Å². The highest BCUT2D eigenvalue weighted by Crippen LogP contribution is 2.26. The van der Waals surface area contributed by atoms with Crippen molar-refractivity contribution < 1.29 is 24.3 Å². The number of carbonyl (C=O) groups is 1. The van der Waals surface area contributed by atoms with E-state index in [0.717, 1.165) is 25.7 Å². The van der Waals surface area contributed by atoms with E-state index in [0.29, 0.717) is 23.4 Å². The lowest BCUT2D eigenvalue weighted by Crippen LogP contribution is -2.30. The maximum Gasteiger partial charge on any atom is 0.488 e. The molecule has 120 valence electrons. The van der Waals surface area contributed by atoms with Crippen molar-refractivity contribution in [3.63, 3.8) is 0 Å². The average molecular weight is 306 g/mol. The molecule has 6 heteroatoms. The van der Waals surface area contributed by atoms with Gasteiger partial charge >= 0.3 is 13.1 Å². The van der Waals surface area contributed by atoms with Crippen molar-refractivity contribution in [2.24, 2.45) is 0 Å². The SMILES string of the molecule is CCOC(=O)Cc1ccc(B(O)O)cc1OC1CCCCC1. The topological polar surface area (TPSA) is 76.0 Å². The average Bonchev–Trinajstić information content (AvgIpc) is 2.50. The zero-order valence-corrected chi connectivity index (χ0v) is 13.0. The normalized spacial score (nSPS) is 15.4. The molecule has 0 aromatic heterocycles. The molecule has 0 bridgehead atoms. The number of esters is 1. The van der Waals surface area contributed by atoms with Crippen molar-refractivity contribution in [3.8, 4) is 5.75 Å². The summed E-state index contributed by atoms with van der Waals surface area (Å²) < 4.78 is 11.0. The van der Waals surface area contributed by atoms with Crippen molar-refractivity contribution in [2.45, 2.75) is 51.6 Å². The highest BCUT2D eigenvalue weighted by atomic mass is 16.5. The molecule has 1 aliphatic rings. The molecule has 0 saturated heterocycles. The number of carbonyl (C=O) groups excluding carboxylic acids is 1. The third kappa shape index (κ3) is 4.75. The van der Waals surface area contributed by atoms with Crippen LogP contribution in [0, 0.1) is 0 Å². The van der Waals surface area contributed by atoms with Crippen molar-refractivity contribution in [1.29, 1.82) is 0 Å². The predicted molar refractivity (Wildman–Crippen MR) is 84.1 cm³/mol. The van der Waals surface area contributed by atoms with Gasteiger partial charge < -0.3 is 19.5 Å².